The minimum Gasteiger partial charge on any atom is -0.425 e. The van der Waals surface area contributed by atoms with Crippen LogP contribution in [-0.4, -0.2) is 22.5 Å². The molecular weight excluding hydrogens is 284 g/mol. The van der Waals surface area contributed by atoms with E-state index in [1.807, 2.05) is 31.3 Å². The molecule has 0 aliphatic carbocycles. The maximum Gasteiger partial charge on any atom is 0.297 e. The first-order valence-electron chi connectivity index (χ1n) is 7.41. The lowest BCUT2D eigenvalue weighted by atomic mass is 10.2. The molecular formula is C16H21N2O2S+. The maximum absolute atomic E-state index is 12.3. The van der Waals surface area contributed by atoms with Gasteiger partial charge in [0.05, 0.1) is 6.08 Å². The van der Waals surface area contributed by atoms with Crippen LogP contribution < -0.4 is 4.57 Å². The van der Waals surface area contributed by atoms with Gasteiger partial charge in [0.25, 0.3) is 11.1 Å². The summed E-state index contributed by atoms with van der Waals surface area (Å²) in [5.74, 6) is 0.164. The molecule has 5 heteroatoms. The van der Waals surface area contributed by atoms with Gasteiger partial charge < -0.3 is 4.74 Å². The number of carbonyl (C=O) groups is 1. The number of carbonyl (C=O) groups excluding carboxylic acids is 1. The number of aromatic nitrogens is 1. The van der Waals surface area contributed by atoms with E-state index >= 15 is 0 Å². The van der Waals surface area contributed by atoms with Crippen molar-refractivity contribution < 1.29 is 14.1 Å². The highest BCUT2D eigenvalue weighted by Crippen LogP contribution is 2.19. The highest BCUT2D eigenvalue weighted by molar-refractivity contribution is 7.80. The molecule has 1 aliphatic rings. The van der Waals surface area contributed by atoms with Gasteiger partial charge in [0.15, 0.2) is 6.20 Å². The van der Waals surface area contributed by atoms with Crippen molar-refractivity contribution in [2.75, 3.05) is 6.54 Å². The number of aryl methyl sites for hydroxylation is 1. The summed E-state index contributed by atoms with van der Waals surface area (Å²) >= 11 is 5.11. The molecule has 1 aliphatic heterocycles. The Hall–Kier alpha value is -1.75. The lowest BCUT2D eigenvalue weighted by Gasteiger charge is -2.09. The summed E-state index contributed by atoms with van der Waals surface area (Å²) in [5, 5.41) is 0.254. The first kappa shape index (κ1) is 15.6. The van der Waals surface area contributed by atoms with Gasteiger partial charge in [0.2, 0.25) is 11.5 Å². The molecule has 112 valence electrons. The van der Waals surface area contributed by atoms with E-state index in [-0.39, 0.29) is 11.1 Å². The number of thiocarbonyl (C=S) groups is 1. The fourth-order valence-electron chi connectivity index (χ4n) is 2.20. The van der Waals surface area contributed by atoms with Crippen LogP contribution in [0, 0.1) is 0 Å². The number of unbranched alkanes of at least 4 members (excludes halogenated alkanes) is 1. The van der Waals surface area contributed by atoms with Gasteiger partial charge in [0.1, 0.15) is 6.54 Å². The highest BCUT2D eigenvalue weighted by Gasteiger charge is 2.33. The molecule has 21 heavy (non-hydrogen) atoms. The molecule has 1 amide bonds. The van der Waals surface area contributed by atoms with Crippen LogP contribution in [0.1, 0.15) is 38.8 Å². The molecule has 1 aromatic heterocycles. The van der Waals surface area contributed by atoms with E-state index in [0.717, 1.165) is 31.5 Å². The summed E-state index contributed by atoms with van der Waals surface area (Å²) in [7, 11) is 0. The van der Waals surface area contributed by atoms with Crippen molar-refractivity contribution in [1.29, 1.82) is 0 Å². The quantitative estimate of drug-likeness (QED) is 0.460. The van der Waals surface area contributed by atoms with E-state index in [2.05, 4.69) is 11.5 Å². The fourth-order valence-corrected chi connectivity index (χ4v) is 2.47. The van der Waals surface area contributed by atoms with Crippen molar-refractivity contribution in [3.8, 4) is 0 Å². The number of rotatable bonds is 6. The topological polar surface area (TPSA) is 33.4 Å². The number of hydrogen-bond donors (Lipinski definition) is 0. The van der Waals surface area contributed by atoms with Crippen LogP contribution in [0.15, 0.2) is 30.2 Å². The number of ether oxygens (including phenoxy) is 1. The molecule has 2 rings (SSSR count). The number of amides is 1. The van der Waals surface area contributed by atoms with Crippen LogP contribution in [0.2, 0.25) is 0 Å². The molecule has 0 unspecified atom stereocenters. The van der Waals surface area contributed by atoms with Crippen LogP contribution >= 0.6 is 12.2 Å². The Bertz CT molecular complexity index is 569. The van der Waals surface area contributed by atoms with Crippen LogP contribution in [-0.2, 0) is 16.1 Å². The normalized spacial score (nSPS) is 16.7. The lowest BCUT2D eigenvalue weighted by Crippen LogP contribution is -2.36. The highest BCUT2D eigenvalue weighted by atomic mass is 32.1. The van der Waals surface area contributed by atoms with E-state index in [1.54, 1.807) is 6.08 Å². The largest absolute Gasteiger partial charge is 0.425 e. The van der Waals surface area contributed by atoms with Gasteiger partial charge in [-0.15, -0.1) is 0 Å². The van der Waals surface area contributed by atoms with Crippen molar-refractivity contribution in [2.24, 2.45) is 0 Å². The molecule has 0 atom stereocenters. The fraction of sp³-hybridized carbons (Fsp3) is 0.438. The van der Waals surface area contributed by atoms with E-state index in [1.165, 1.54) is 4.90 Å². The van der Waals surface area contributed by atoms with E-state index < -0.39 is 0 Å². The third-order valence-corrected chi connectivity index (χ3v) is 3.63. The molecule has 2 heterocycles. The minimum atomic E-state index is -0.146. The Morgan fingerprint density at radius 3 is 2.86 bits per heavy atom. The lowest BCUT2D eigenvalue weighted by molar-refractivity contribution is -0.699. The van der Waals surface area contributed by atoms with Crippen LogP contribution in [0.25, 0.3) is 6.08 Å². The smallest absolute Gasteiger partial charge is 0.297 e. The average Bonchev–Trinajstić information content (AvgIpc) is 2.74. The molecule has 1 saturated heterocycles. The SMILES string of the molecule is CCCC[n+]1ccccc1/C=C1/OC(=S)N(CCC)C1=O. The Kier molecular flexibility index (Phi) is 5.44. The molecule has 0 N–H and O–H groups in total. The summed E-state index contributed by atoms with van der Waals surface area (Å²) in [4.78, 5) is 13.8. The second kappa shape index (κ2) is 7.31. The number of hydrogen-bond acceptors (Lipinski definition) is 3. The van der Waals surface area contributed by atoms with Crippen molar-refractivity contribution in [3.63, 3.8) is 0 Å². The molecule has 1 fully saturated rings. The van der Waals surface area contributed by atoms with Gasteiger partial charge in [-0.1, -0.05) is 20.3 Å². The van der Waals surface area contributed by atoms with Crippen molar-refractivity contribution in [3.05, 3.63) is 35.8 Å². The zero-order valence-corrected chi connectivity index (χ0v) is 13.4. The zero-order valence-electron chi connectivity index (χ0n) is 12.5. The Labute approximate surface area is 131 Å². The van der Waals surface area contributed by atoms with Crippen LogP contribution in [0.5, 0.6) is 0 Å². The Morgan fingerprint density at radius 2 is 2.14 bits per heavy atom. The van der Waals surface area contributed by atoms with Crippen LogP contribution in [0.4, 0.5) is 0 Å². The predicted molar refractivity (Wildman–Crippen MR) is 85.2 cm³/mol. The second-order valence-corrected chi connectivity index (χ2v) is 5.36. The van der Waals surface area contributed by atoms with Gasteiger partial charge in [-0.2, -0.15) is 4.57 Å². The second-order valence-electron chi connectivity index (χ2n) is 5.01. The first-order valence-corrected chi connectivity index (χ1v) is 7.82. The summed E-state index contributed by atoms with van der Waals surface area (Å²) in [6.45, 7) is 5.69. The Balaban J connectivity index is 2.24. The zero-order chi connectivity index (χ0) is 15.2. The van der Waals surface area contributed by atoms with Gasteiger partial charge in [-0.25, -0.2) is 0 Å². The van der Waals surface area contributed by atoms with Gasteiger partial charge in [0, 0.05) is 25.1 Å². The van der Waals surface area contributed by atoms with Gasteiger partial charge >= 0.3 is 0 Å². The standard InChI is InChI=1S/C16H21N2O2S/c1-3-5-10-17-11-7-6-8-13(17)12-14-15(19)18(9-4-2)16(21)20-14/h6-8,11-12H,3-5,9-10H2,1-2H3/q+1/b14-12+. The van der Waals surface area contributed by atoms with E-state index in [0.29, 0.717) is 12.3 Å². The molecule has 0 saturated carbocycles. The van der Waals surface area contributed by atoms with Crippen molar-refractivity contribution in [1.82, 2.24) is 4.90 Å². The molecule has 0 bridgehead atoms. The summed E-state index contributed by atoms with van der Waals surface area (Å²) in [6.07, 6.45) is 6.87. The molecule has 0 aromatic carbocycles. The van der Waals surface area contributed by atoms with E-state index in [4.69, 9.17) is 17.0 Å². The summed E-state index contributed by atoms with van der Waals surface area (Å²) in [5.41, 5.74) is 0.954. The predicted octanol–water partition coefficient (Wildman–Crippen LogP) is 2.67. The summed E-state index contributed by atoms with van der Waals surface area (Å²) in [6, 6.07) is 5.92. The number of nitrogens with zero attached hydrogens (tertiary/aromatic N) is 2. The first-order chi connectivity index (χ1) is 10.2. The maximum atomic E-state index is 12.3. The monoisotopic (exact) mass is 305 g/mol. The average molecular weight is 305 g/mol. The molecule has 0 spiro atoms. The Morgan fingerprint density at radius 1 is 1.33 bits per heavy atom. The summed E-state index contributed by atoms with van der Waals surface area (Å²) < 4.78 is 7.58. The van der Waals surface area contributed by atoms with Gasteiger partial charge in [-0.05, 0) is 24.7 Å². The number of pyridine rings is 1. The van der Waals surface area contributed by atoms with Crippen LogP contribution in [0.3, 0.4) is 0 Å². The molecule has 1 aromatic rings. The van der Waals surface area contributed by atoms with Crippen molar-refractivity contribution >= 4 is 29.4 Å². The van der Waals surface area contributed by atoms with Gasteiger partial charge in [-0.3, -0.25) is 9.69 Å². The molecule has 4 nitrogen and oxygen atoms in total. The third-order valence-electron chi connectivity index (χ3n) is 3.33. The minimum absolute atomic E-state index is 0.146. The third kappa shape index (κ3) is 3.67. The molecule has 0 radical (unpaired) electrons. The van der Waals surface area contributed by atoms with E-state index in [9.17, 15) is 4.79 Å². The van der Waals surface area contributed by atoms with Crippen molar-refractivity contribution in [2.45, 2.75) is 39.7 Å².